The SMILES string of the molecule is OCC1(O)C2CNCC21. The predicted molar refractivity (Wildman–Crippen MR) is 31.9 cm³/mol. The summed E-state index contributed by atoms with van der Waals surface area (Å²) in [5.41, 5.74) is -0.703. The summed E-state index contributed by atoms with van der Waals surface area (Å²) in [6.07, 6.45) is 0. The van der Waals surface area contributed by atoms with Gasteiger partial charge in [0, 0.05) is 24.9 Å². The van der Waals surface area contributed by atoms with Gasteiger partial charge in [0.1, 0.15) is 0 Å². The van der Waals surface area contributed by atoms with Gasteiger partial charge in [-0.25, -0.2) is 0 Å². The topological polar surface area (TPSA) is 52.5 Å². The summed E-state index contributed by atoms with van der Waals surface area (Å²) in [7, 11) is 0. The molecular formula is C6H11NO2. The molecule has 2 unspecified atom stereocenters. The molecule has 2 aliphatic rings. The van der Waals surface area contributed by atoms with Crippen molar-refractivity contribution in [2.75, 3.05) is 19.7 Å². The molecule has 1 aliphatic heterocycles. The molecule has 0 spiro atoms. The Hall–Kier alpha value is -0.120. The van der Waals surface area contributed by atoms with Gasteiger partial charge in [-0.1, -0.05) is 0 Å². The van der Waals surface area contributed by atoms with Crippen LogP contribution in [-0.2, 0) is 0 Å². The second-order valence-corrected chi connectivity index (χ2v) is 3.02. The van der Waals surface area contributed by atoms with Crippen LogP contribution in [0, 0.1) is 11.8 Å². The lowest BCUT2D eigenvalue weighted by molar-refractivity contribution is 0.0436. The van der Waals surface area contributed by atoms with Gasteiger partial charge in [0.15, 0.2) is 0 Å². The maximum absolute atomic E-state index is 9.43. The Bertz CT molecular complexity index is 127. The van der Waals surface area contributed by atoms with Gasteiger partial charge in [-0.3, -0.25) is 0 Å². The summed E-state index contributed by atoms with van der Waals surface area (Å²) in [5, 5.41) is 21.3. The van der Waals surface area contributed by atoms with Gasteiger partial charge < -0.3 is 15.5 Å². The minimum absolute atomic E-state index is 0.0655. The fourth-order valence-electron chi connectivity index (χ4n) is 1.85. The van der Waals surface area contributed by atoms with Crippen molar-refractivity contribution >= 4 is 0 Å². The van der Waals surface area contributed by atoms with Crippen molar-refractivity contribution in [1.29, 1.82) is 0 Å². The van der Waals surface area contributed by atoms with Crippen LogP contribution in [0.25, 0.3) is 0 Å². The summed E-state index contributed by atoms with van der Waals surface area (Å²) < 4.78 is 0. The standard InChI is InChI=1S/C6H11NO2/c8-3-6(9)4-1-7-2-5(4)6/h4-5,7-9H,1-3H2. The smallest absolute Gasteiger partial charge is 0.0965 e. The predicted octanol–water partition coefficient (Wildman–Crippen LogP) is -1.44. The molecule has 1 heterocycles. The summed E-state index contributed by atoms with van der Waals surface area (Å²) in [4.78, 5) is 0. The molecule has 0 bridgehead atoms. The maximum Gasteiger partial charge on any atom is 0.0965 e. The van der Waals surface area contributed by atoms with Gasteiger partial charge in [-0.15, -0.1) is 0 Å². The van der Waals surface area contributed by atoms with Gasteiger partial charge in [-0.2, -0.15) is 0 Å². The van der Waals surface area contributed by atoms with Crippen molar-refractivity contribution in [2.24, 2.45) is 11.8 Å². The number of hydrogen-bond donors (Lipinski definition) is 3. The summed E-state index contributed by atoms with van der Waals surface area (Å²) in [6, 6.07) is 0. The molecule has 9 heavy (non-hydrogen) atoms. The number of nitrogens with one attached hydrogen (secondary N) is 1. The van der Waals surface area contributed by atoms with E-state index in [1.54, 1.807) is 0 Å². The van der Waals surface area contributed by atoms with Crippen LogP contribution in [-0.4, -0.2) is 35.5 Å². The molecule has 3 N–H and O–H groups in total. The van der Waals surface area contributed by atoms with Crippen LogP contribution in [0.1, 0.15) is 0 Å². The van der Waals surface area contributed by atoms with E-state index in [1.807, 2.05) is 0 Å². The van der Waals surface area contributed by atoms with Crippen LogP contribution in [0.4, 0.5) is 0 Å². The molecule has 3 nitrogen and oxygen atoms in total. The molecule has 0 radical (unpaired) electrons. The van der Waals surface area contributed by atoms with Crippen LogP contribution in [0.5, 0.6) is 0 Å². The highest BCUT2D eigenvalue weighted by atomic mass is 16.3. The average molecular weight is 129 g/mol. The average Bonchev–Trinajstić information content (AvgIpc) is 2.39. The van der Waals surface area contributed by atoms with Crippen molar-refractivity contribution in [1.82, 2.24) is 5.32 Å². The van der Waals surface area contributed by atoms with Gasteiger partial charge in [0.2, 0.25) is 0 Å². The third-order valence-electron chi connectivity index (χ3n) is 2.64. The molecule has 2 fully saturated rings. The second kappa shape index (κ2) is 1.48. The van der Waals surface area contributed by atoms with E-state index in [0.29, 0.717) is 11.8 Å². The van der Waals surface area contributed by atoms with Crippen molar-refractivity contribution in [2.45, 2.75) is 5.60 Å². The number of fused-ring (bicyclic) bond motifs is 1. The van der Waals surface area contributed by atoms with Crippen LogP contribution in [0.15, 0.2) is 0 Å². The fourth-order valence-corrected chi connectivity index (χ4v) is 1.85. The zero-order valence-corrected chi connectivity index (χ0v) is 5.17. The number of aliphatic hydroxyl groups is 2. The van der Waals surface area contributed by atoms with E-state index in [2.05, 4.69) is 5.32 Å². The minimum atomic E-state index is -0.703. The lowest BCUT2D eigenvalue weighted by atomic mass is 10.2. The van der Waals surface area contributed by atoms with E-state index in [0.717, 1.165) is 13.1 Å². The first-order chi connectivity index (χ1) is 4.29. The molecule has 52 valence electrons. The summed E-state index contributed by atoms with van der Waals surface area (Å²) >= 11 is 0. The molecule has 2 rings (SSSR count). The quantitative estimate of drug-likeness (QED) is 0.406. The Morgan fingerprint density at radius 1 is 1.44 bits per heavy atom. The van der Waals surface area contributed by atoms with Crippen molar-refractivity contribution in [3.05, 3.63) is 0 Å². The highest BCUT2D eigenvalue weighted by Crippen LogP contribution is 2.51. The molecule has 0 aromatic rings. The van der Waals surface area contributed by atoms with Gasteiger partial charge in [-0.05, 0) is 0 Å². The molecule has 3 heteroatoms. The zero-order chi connectivity index (χ0) is 6.48. The van der Waals surface area contributed by atoms with Crippen LogP contribution in [0.3, 0.4) is 0 Å². The van der Waals surface area contributed by atoms with Crippen molar-refractivity contribution < 1.29 is 10.2 Å². The molecular weight excluding hydrogens is 118 g/mol. The first-order valence-corrected chi connectivity index (χ1v) is 3.33. The summed E-state index contributed by atoms with van der Waals surface area (Å²) in [6.45, 7) is 1.69. The minimum Gasteiger partial charge on any atom is -0.393 e. The largest absolute Gasteiger partial charge is 0.393 e. The number of aliphatic hydroxyl groups excluding tert-OH is 1. The molecule has 0 aromatic carbocycles. The van der Waals surface area contributed by atoms with Crippen LogP contribution in [0.2, 0.25) is 0 Å². The second-order valence-electron chi connectivity index (χ2n) is 3.02. The molecule has 1 saturated carbocycles. The fraction of sp³-hybridized carbons (Fsp3) is 1.00. The lowest BCUT2D eigenvalue weighted by Gasteiger charge is -2.09. The van der Waals surface area contributed by atoms with Gasteiger partial charge in [0.05, 0.1) is 12.2 Å². The van der Waals surface area contributed by atoms with Crippen molar-refractivity contribution in [3.8, 4) is 0 Å². The molecule has 1 saturated heterocycles. The molecule has 2 atom stereocenters. The molecule has 0 amide bonds. The zero-order valence-electron chi connectivity index (χ0n) is 5.17. The highest BCUT2D eigenvalue weighted by Gasteiger charge is 2.65. The van der Waals surface area contributed by atoms with E-state index >= 15 is 0 Å². The Morgan fingerprint density at radius 3 is 2.33 bits per heavy atom. The third kappa shape index (κ3) is 0.520. The highest BCUT2D eigenvalue weighted by molar-refractivity contribution is 5.16. The number of rotatable bonds is 1. The Balaban J connectivity index is 2.07. The van der Waals surface area contributed by atoms with E-state index in [-0.39, 0.29) is 6.61 Å². The lowest BCUT2D eigenvalue weighted by Crippen LogP contribution is -2.29. The van der Waals surface area contributed by atoms with E-state index in [4.69, 9.17) is 5.11 Å². The summed E-state index contributed by atoms with van der Waals surface area (Å²) in [5.74, 6) is 0.671. The number of hydrogen-bond acceptors (Lipinski definition) is 3. The first-order valence-electron chi connectivity index (χ1n) is 3.33. The van der Waals surface area contributed by atoms with Crippen LogP contribution >= 0.6 is 0 Å². The van der Waals surface area contributed by atoms with Crippen LogP contribution < -0.4 is 5.32 Å². The number of piperidine rings is 1. The monoisotopic (exact) mass is 129 g/mol. The van der Waals surface area contributed by atoms with E-state index in [1.165, 1.54) is 0 Å². The van der Waals surface area contributed by atoms with E-state index < -0.39 is 5.60 Å². The maximum atomic E-state index is 9.43. The van der Waals surface area contributed by atoms with Crippen molar-refractivity contribution in [3.63, 3.8) is 0 Å². The van der Waals surface area contributed by atoms with Gasteiger partial charge >= 0.3 is 0 Å². The molecule has 1 aliphatic carbocycles. The van der Waals surface area contributed by atoms with Gasteiger partial charge in [0.25, 0.3) is 0 Å². The third-order valence-corrected chi connectivity index (χ3v) is 2.64. The Morgan fingerprint density at radius 2 is 2.00 bits per heavy atom. The normalized spacial score (nSPS) is 55.3. The first kappa shape index (κ1) is 5.65. The molecule has 0 aromatic heterocycles. The Labute approximate surface area is 53.7 Å². The van der Waals surface area contributed by atoms with E-state index in [9.17, 15) is 5.11 Å². The Kier molecular flexibility index (Phi) is 0.928.